The predicted molar refractivity (Wildman–Crippen MR) is 138 cm³/mol. The zero-order valence-electron chi connectivity index (χ0n) is 21.6. The molecule has 0 saturated carbocycles. The van der Waals surface area contributed by atoms with Gasteiger partial charge in [0.05, 0.1) is 29.1 Å². The number of ether oxygens (including phenoxy) is 1. The maximum Gasteiger partial charge on any atom is 0.491 e. The molecule has 0 bridgehead atoms. The molecule has 14 heteroatoms. The number of nitrogens with zero attached hydrogens (tertiary/aromatic N) is 3. The van der Waals surface area contributed by atoms with Gasteiger partial charge in [0.2, 0.25) is 5.91 Å². The fourth-order valence-electron chi connectivity index (χ4n) is 3.91. The molecular formula is C27H25F3N4O7. The Kier molecular flexibility index (Phi) is 10.2. The van der Waals surface area contributed by atoms with Gasteiger partial charge in [-0.3, -0.25) is 24.5 Å². The summed E-state index contributed by atoms with van der Waals surface area (Å²) in [7, 11) is 0. The minimum absolute atomic E-state index is 0.0229. The number of hydrogen-bond donors (Lipinski definition) is 1. The Hall–Kier alpha value is -4.77. The number of benzene rings is 2. The van der Waals surface area contributed by atoms with Crippen LogP contribution in [-0.2, 0) is 25.7 Å². The van der Waals surface area contributed by atoms with Crippen molar-refractivity contribution in [3.63, 3.8) is 0 Å². The van der Waals surface area contributed by atoms with Crippen LogP contribution in [0, 0.1) is 22.0 Å². The number of hydrogen-bond acceptors (Lipinski definition) is 8. The van der Waals surface area contributed by atoms with Crippen LogP contribution in [0.25, 0.3) is 0 Å². The van der Waals surface area contributed by atoms with Gasteiger partial charge in [-0.2, -0.15) is 13.2 Å². The molecule has 1 heterocycles. The van der Waals surface area contributed by atoms with Crippen molar-refractivity contribution in [1.29, 1.82) is 0 Å². The highest BCUT2D eigenvalue weighted by Gasteiger charge is 2.42. The molecule has 3 rings (SSSR count). The van der Waals surface area contributed by atoms with E-state index < -0.39 is 54.4 Å². The van der Waals surface area contributed by atoms with E-state index in [1.54, 1.807) is 12.1 Å². The van der Waals surface area contributed by atoms with E-state index in [0.717, 1.165) is 17.7 Å². The Morgan fingerprint density at radius 1 is 1.12 bits per heavy atom. The smallest absolute Gasteiger partial charge is 0.386 e. The van der Waals surface area contributed by atoms with Gasteiger partial charge in [-0.15, -0.1) is 0 Å². The quantitative estimate of drug-likeness (QED) is 0.120. The van der Waals surface area contributed by atoms with Crippen LogP contribution in [0.1, 0.15) is 47.2 Å². The lowest BCUT2D eigenvalue weighted by atomic mass is 10.1. The van der Waals surface area contributed by atoms with Crippen LogP contribution < -0.4 is 10.6 Å². The van der Waals surface area contributed by atoms with Crippen molar-refractivity contribution >= 4 is 35.1 Å². The monoisotopic (exact) mass is 574 g/mol. The molecule has 11 nitrogen and oxygen atoms in total. The molecule has 1 aliphatic heterocycles. The summed E-state index contributed by atoms with van der Waals surface area (Å²) < 4.78 is 41.0. The third kappa shape index (κ3) is 8.36. The molecule has 0 saturated heterocycles. The number of carbonyl (C=O) groups is 4. The van der Waals surface area contributed by atoms with E-state index in [0.29, 0.717) is 24.1 Å². The van der Waals surface area contributed by atoms with Gasteiger partial charge in [-0.05, 0) is 43.1 Å². The van der Waals surface area contributed by atoms with Gasteiger partial charge in [-0.25, -0.2) is 4.79 Å². The second kappa shape index (κ2) is 13.5. The topological polar surface area (TPSA) is 153 Å². The highest BCUT2D eigenvalue weighted by atomic mass is 19.4. The highest BCUT2D eigenvalue weighted by Crippen LogP contribution is 2.29. The van der Waals surface area contributed by atoms with Gasteiger partial charge >= 0.3 is 18.1 Å². The minimum atomic E-state index is -5.38. The van der Waals surface area contributed by atoms with Gasteiger partial charge in [0.15, 0.2) is 0 Å². The molecule has 0 fully saturated rings. The van der Waals surface area contributed by atoms with Crippen molar-refractivity contribution in [2.24, 2.45) is 5.73 Å². The Bertz CT molecular complexity index is 1420. The fourth-order valence-corrected chi connectivity index (χ4v) is 3.91. The Balaban J connectivity index is 1.92. The summed E-state index contributed by atoms with van der Waals surface area (Å²) in [5.74, 6) is 0.356. The van der Waals surface area contributed by atoms with Crippen LogP contribution in [0.15, 0.2) is 42.5 Å². The molecule has 0 spiro atoms. The van der Waals surface area contributed by atoms with Crippen LogP contribution in [0.2, 0.25) is 0 Å². The lowest BCUT2D eigenvalue weighted by Gasteiger charge is -2.23. The summed E-state index contributed by atoms with van der Waals surface area (Å²) in [5, 5.41) is 11.2. The first-order chi connectivity index (χ1) is 19.4. The molecule has 2 aromatic rings. The Morgan fingerprint density at radius 2 is 1.88 bits per heavy atom. The van der Waals surface area contributed by atoms with E-state index in [2.05, 4.69) is 16.6 Å². The van der Waals surface area contributed by atoms with Crippen molar-refractivity contribution in [1.82, 2.24) is 4.90 Å². The fraction of sp³-hybridized carbons (Fsp3) is 0.333. The second-order valence-electron chi connectivity index (χ2n) is 8.92. The van der Waals surface area contributed by atoms with Gasteiger partial charge in [0.1, 0.15) is 6.54 Å². The van der Waals surface area contributed by atoms with E-state index in [4.69, 9.17) is 5.73 Å². The van der Waals surface area contributed by atoms with Crippen molar-refractivity contribution in [2.75, 3.05) is 24.5 Å². The van der Waals surface area contributed by atoms with E-state index in [9.17, 15) is 42.5 Å². The van der Waals surface area contributed by atoms with Crippen molar-refractivity contribution < 1.29 is 42.0 Å². The largest absolute Gasteiger partial charge is 0.491 e. The normalized spacial score (nSPS) is 13.2. The van der Waals surface area contributed by atoms with Gasteiger partial charge in [0, 0.05) is 30.7 Å². The van der Waals surface area contributed by atoms with Crippen LogP contribution in [0.4, 0.5) is 24.5 Å². The Morgan fingerprint density at radius 3 is 2.56 bits per heavy atom. The maximum atomic E-state index is 13.5. The molecule has 0 aromatic heterocycles. The molecule has 216 valence electrons. The number of rotatable bonds is 9. The number of halogens is 3. The third-order valence-electron chi connectivity index (χ3n) is 5.91. The SMILES string of the molecule is NCCCCC#Cc1ccc2c(c1)C(=O)N(CCC(=O)OC(=O)C(F)(F)F)CC(=O)N2Cc1cccc([N+](=O)[O-])c1. The summed E-state index contributed by atoms with van der Waals surface area (Å²) in [5.41, 5.74) is 6.33. The first-order valence-corrected chi connectivity index (χ1v) is 12.4. The molecule has 1 aliphatic rings. The summed E-state index contributed by atoms with van der Waals surface area (Å²) in [6.45, 7) is -0.700. The number of carbonyl (C=O) groups excluding carboxylic acids is 4. The molecular weight excluding hydrogens is 549 g/mol. The van der Waals surface area contributed by atoms with Crippen LogP contribution >= 0.6 is 0 Å². The first kappa shape index (κ1) is 30.8. The molecule has 0 aliphatic carbocycles. The van der Waals surface area contributed by atoms with E-state index in [1.165, 1.54) is 35.2 Å². The molecule has 2 aromatic carbocycles. The predicted octanol–water partition coefficient (Wildman–Crippen LogP) is 3.09. The number of anilines is 1. The summed E-state index contributed by atoms with van der Waals surface area (Å²) in [6, 6.07) is 10.1. The summed E-state index contributed by atoms with van der Waals surface area (Å²) in [4.78, 5) is 62.4. The number of nitro groups is 1. The molecule has 2 amide bonds. The summed E-state index contributed by atoms with van der Waals surface area (Å²) in [6.07, 6.45) is -4.04. The van der Waals surface area contributed by atoms with E-state index in [1.807, 2.05) is 0 Å². The van der Waals surface area contributed by atoms with Crippen molar-refractivity contribution in [3.05, 3.63) is 69.3 Å². The number of non-ortho nitro benzene ring substituents is 1. The Labute approximate surface area is 232 Å². The first-order valence-electron chi connectivity index (χ1n) is 12.4. The molecule has 2 N–H and O–H groups in total. The van der Waals surface area contributed by atoms with E-state index >= 15 is 0 Å². The number of alkyl halides is 3. The zero-order chi connectivity index (χ0) is 30.2. The highest BCUT2D eigenvalue weighted by molar-refractivity contribution is 6.10. The number of nitrogens with two attached hydrogens (primary N) is 1. The van der Waals surface area contributed by atoms with Gasteiger partial charge in [-0.1, -0.05) is 24.0 Å². The summed E-state index contributed by atoms with van der Waals surface area (Å²) >= 11 is 0. The average molecular weight is 575 g/mol. The third-order valence-corrected chi connectivity index (χ3v) is 5.91. The lowest BCUT2D eigenvalue weighted by Crippen LogP contribution is -2.40. The lowest BCUT2D eigenvalue weighted by molar-refractivity contribution is -0.384. The molecule has 41 heavy (non-hydrogen) atoms. The standard InChI is InChI=1S/C27H25F3N4O7/c28-27(29,30)26(38)41-24(36)11-13-32-17-23(35)33(16-19-7-5-8-20(14-19)34(39)40)22-10-9-18(15-21(22)25(32)37)6-3-1-2-4-12-31/h5,7-10,14-15H,1-2,4,11-13,16-17,31H2. The van der Waals surface area contributed by atoms with Crippen molar-refractivity contribution in [3.8, 4) is 11.8 Å². The van der Waals surface area contributed by atoms with Crippen LogP contribution in [-0.4, -0.2) is 59.4 Å². The van der Waals surface area contributed by atoms with Gasteiger partial charge < -0.3 is 20.3 Å². The number of fused-ring (bicyclic) bond motifs is 1. The minimum Gasteiger partial charge on any atom is -0.386 e. The van der Waals surface area contributed by atoms with Crippen LogP contribution in [0.5, 0.6) is 0 Å². The number of amides is 2. The molecule has 0 unspecified atom stereocenters. The molecule has 0 atom stereocenters. The molecule has 0 radical (unpaired) electrons. The second-order valence-corrected chi connectivity index (χ2v) is 8.92. The number of unbranched alkanes of at least 4 members (excludes halogenated alkanes) is 2. The van der Waals surface area contributed by atoms with Crippen LogP contribution in [0.3, 0.4) is 0 Å². The van der Waals surface area contributed by atoms with Gasteiger partial charge in [0.25, 0.3) is 11.6 Å². The maximum absolute atomic E-state index is 13.5. The van der Waals surface area contributed by atoms with Crippen molar-refractivity contribution in [2.45, 2.75) is 38.4 Å². The number of nitro benzene ring substituents is 1. The average Bonchev–Trinajstić information content (AvgIpc) is 3.01. The van der Waals surface area contributed by atoms with E-state index in [-0.39, 0.29) is 23.5 Å². The zero-order valence-corrected chi connectivity index (χ0v) is 21.6. The number of esters is 2.